The first-order valence-corrected chi connectivity index (χ1v) is 5.23. The van der Waals surface area contributed by atoms with Crippen molar-refractivity contribution < 1.29 is 23.2 Å². The first kappa shape index (κ1) is 14.6. The Labute approximate surface area is 107 Å². The van der Waals surface area contributed by atoms with Crippen LogP contribution in [0.25, 0.3) is 0 Å². The van der Waals surface area contributed by atoms with E-state index in [0.717, 1.165) is 0 Å². The third-order valence-corrected chi connectivity index (χ3v) is 2.00. The third kappa shape index (κ3) is 4.03. The van der Waals surface area contributed by atoms with Gasteiger partial charge in [-0.1, -0.05) is 11.8 Å². The van der Waals surface area contributed by atoms with Crippen molar-refractivity contribution in [2.45, 2.75) is 13.3 Å². The Balaban J connectivity index is 3.00. The van der Waals surface area contributed by atoms with Gasteiger partial charge in [0.05, 0.1) is 17.6 Å². The lowest BCUT2D eigenvalue weighted by Gasteiger charge is -1.97. The Hall–Kier alpha value is -2.49. The van der Waals surface area contributed by atoms with Crippen LogP contribution < -0.4 is 0 Å². The molecule has 1 rings (SSSR count). The maximum atomic E-state index is 13.0. The molecule has 100 valence electrons. The van der Waals surface area contributed by atoms with Crippen LogP contribution >= 0.6 is 0 Å². The highest BCUT2D eigenvalue weighted by molar-refractivity contribution is 5.72. The summed E-state index contributed by atoms with van der Waals surface area (Å²) < 4.78 is 30.4. The molecule has 0 saturated carbocycles. The lowest BCUT2D eigenvalue weighted by atomic mass is 10.1. The number of nitrogens with zero attached hydrogens (tertiary/aromatic N) is 1. The van der Waals surface area contributed by atoms with Crippen LogP contribution in [-0.4, -0.2) is 17.5 Å². The van der Waals surface area contributed by atoms with E-state index in [4.69, 9.17) is 0 Å². The van der Waals surface area contributed by atoms with Gasteiger partial charge in [-0.05, 0) is 13.0 Å². The van der Waals surface area contributed by atoms with Crippen LogP contribution in [0.15, 0.2) is 12.1 Å². The van der Waals surface area contributed by atoms with E-state index in [1.807, 2.05) is 0 Å². The van der Waals surface area contributed by atoms with Gasteiger partial charge in [-0.25, -0.2) is 8.78 Å². The SMILES string of the molecule is CCOC(=O)CC#Cc1cc(F)c(F)cc1[N+](=O)[O-]. The Kier molecular flexibility index (Phi) is 4.94. The maximum Gasteiger partial charge on any atom is 0.317 e. The summed E-state index contributed by atoms with van der Waals surface area (Å²) in [6.45, 7) is 1.80. The van der Waals surface area contributed by atoms with Gasteiger partial charge in [0.2, 0.25) is 0 Å². The second-order valence-corrected chi connectivity index (χ2v) is 3.32. The molecule has 0 N–H and O–H groups in total. The highest BCUT2D eigenvalue weighted by Gasteiger charge is 2.17. The number of nitro groups is 1. The zero-order valence-corrected chi connectivity index (χ0v) is 9.91. The van der Waals surface area contributed by atoms with Crippen LogP contribution in [0.3, 0.4) is 0 Å². The predicted octanol–water partition coefficient (Wildman–Crippen LogP) is 2.18. The number of benzene rings is 1. The first-order valence-electron chi connectivity index (χ1n) is 5.23. The van der Waals surface area contributed by atoms with E-state index in [1.54, 1.807) is 6.92 Å². The zero-order valence-electron chi connectivity index (χ0n) is 9.91. The Morgan fingerprint density at radius 1 is 1.42 bits per heavy atom. The van der Waals surface area contributed by atoms with Gasteiger partial charge < -0.3 is 4.74 Å². The number of rotatable bonds is 3. The van der Waals surface area contributed by atoms with Gasteiger partial charge in [-0.3, -0.25) is 14.9 Å². The maximum absolute atomic E-state index is 13.0. The second-order valence-electron chi connectivity index (χ2n) is 3.32. The summed E-state index contributed by atoms with van der Waals surface area (Å²) in [5.41, 5.74) is -0.955. The molecule has 1 aromatic carbocycles. The van der Waals surface area contributed by atoms with E-state index >= 15 is 0 Å². The van der Waals surface area contributed by atoms with Crippen LogP contribution in [0.2, 0.25) is 0 Å². The molecule has 0 spiro atoms. The van der Waals surface area contributed by atoms with Crippen molar-refractivity contribution in [2.24, 2.45) is 0 Å². The number of hydrogen-bond donors (Lipinski definition) is 0. The third-order valence-electron chi connectivity index (χ3n) is 2.00. The molecule has 19 heavy (non-hydrogen) atoms. The molecule has 0 radical (unpaired) electrons. The molecule has 0 bridgehead atoms. The molecule has 0 atom stereocenters. The molecular formula is C12H9F2NO4. The number of carbonyl (C=O) groups is 1. The van der Waals surface area contributed by atoms with Crippen molar-refractivity contribution in [1.82, 2.24) is 0 Å². The minimum Gasteiger partial charge on any atom is -0.465 e. The average Bonchev–Trinajstić information content (AvgIpc) is 2.33. The van der Waals surface area contributed by atoms with Crippen molar-refractivity contribution in [3.8, 4) is 11.8 Å². The normalized spacial score (nSPS) is 9.42. The minimum absolute atomic E-state index is 0.186. The second kappa shape index (κ2) is 6.44. The van der Waals surface area contributed by atoms with E-state index in [0.29, 0.717) is 12.1 Å². The number of nitro benzene ring substituents is 1. The minimum atomic E-state index is -1.33. The molecule has 0 unspecified atom stereocenters. The number of hydrogen-bond acceptors (Lipinski definition) is 4. The largest absolute Gasteiger partial charge is 0.465 e. The number of carbonyl (C=O) groups excluding carboxylic acids is 1. The molecule has 0 amide bonds. The standard InChI is InChI=1S/C12H9F2NO4/c1-2-19-12(16)5-3-4-8-6-9(13)10(14)7-11(8)15(17)18/h6-7H,2,5H2,1H3. The fourth-order valence-corrected chi connectivity index (χ4v) is 1.21. The van der Waals surface area contributed by atoms with Crippen molar-refractivity contribution in [3.63, 3.8) is 0 Å². The quantitative estimate of drug-likeness (QED) is 0.365. The zero-order chi connectivity index (χ0) is 14.4. The van der Waals surface area contributed by atoms with E-state index in [9.17, 15) is 23.7 Å². The van der Waals surface area contributed by atoms with Gasteiger partial charge in [0.15, 0.2) is 11.6 Å². The van der Waals surface area contributed by atoms with Crippen LogP contribution in [0.5, 0.6) is 0 Å². The van der Waals surface area contributed by atoms with E-state index in [-0.39, 0.29) is 18.6 Å². The lowest BCUT2D eigenvalue weighted by Crippen LogP contribution is -2.02. The number of halogens is 2. The van der Waals surface area contributed by atoms with Crippen molar-refractivity contribution >= 4 is 11.7 Å². The van der Waals surface area contributed by atoms with Crippen LogP contribution in [0.1, 0.15) is 18.9 Å². The molecule has 0 aromatic heterocycles. The fraction of sp³-hybridized carbons (Fsp3) is 0.250. The summed E-state index contributed by atoms with van der Waals surface area (Å²) in [5, 5.41) is 10.6. The van der Waals surface area contributed by atoms with E-state index < -0.39 is 28.2 Å². The van der Waals surface area contributed by atoms with Crippen molar-refractivity contribution in [2.75, 3.05) is 6.61 Å². The Bertz CT molecular complexity index is 575. The lowest BCUT2D eigenvalue weighted by molar-refractivity contribution is -0.385. The van der Waals surface area contributed by atoms with Gasteiger partial charge in [0.25, 0.3) is 5.69 Å². The molecule has 0 aliphatic carbocycles. The molecule has 0 heterocycles. The highest BCUT2D eigenvalue weighted by Crippen LogP contribution is 2.21. The summed E-state index contributed by atoms with van der Waals surface area (Å²) in [5.74, 6) is 1.39. The molecule has 7 heteroatoms. The van der Waals surface area contributed by atoms with Crippen molar-refractivity contribution in [3.05, 3.63) is 39.4 Å². The van der Waals surface area contributed by atoms with E-state index in [2.05, 4.69) is 16.6 Å². The molecular weight excluding hydrogens is 260 g/mol. The highest BCUT2D eigenvalue weighted by atomic mass is 19.2. The summed E-state index contributed by atoms with van der Waals surface area (Å²) in [4.78, 5) is 20.7. The van der Waals surface area contributed by atoms with Crippen LogP contribution in [0.4, 0.5) is 14.5 Å². The topological polar surface area (TPSA) is 69.4 Å². The van der Waals surface area contributed by atoms with Gasteiger partial charge in [-0.15, -0.1) is 0 Å². The summed E-state index contributed by atoms with van der Waals surface area (Å²) >= 11 is 0. The average molecular weight is 269 g/mol. The molecule has 0 saturated heterocycles. The molecule has 0 fully saturated rings. The molecule has 0 aliphatic heterocycles. The number of ether oxygens (including phenoxy) is 1. The molecule has 0 aliphatic rings. The van der Waals surface area contributed by atoms with Gasteiger partial charge in [0.1, 0.15) is 12.0 Å². The van der Waals surface area contributed by atoms with Crippen LogP contribution in [-0.2, 0) is 9.53 Å². The van der Waals surface area contributed by atoms with Gasteiger partial charge >= 0.3 is 5.97 Å². The van der Waals surface area contributed by atoms with Gasteiger partial charge in [0, 0.05) is 0 Å². The summed E-state index contributed by atoms with van der Waals surface area (Å²) in [6.07, 6.45) is -0.288. The molecule has 1 aromatic rings. The molecule has 5 nitrogen and oxygen atoms in total. The van der Waals surface area contributed by atoms with Crippen LogP contribution in [0, 0.1) is 33.6 Å². The van der Waals surface area contributed by atoms with E-state index in [1.165, 1.54) is 0 Å². The first-order chi connectivity index (χ1) is 8.95. The monoisotopic (exact) mass is 269 g/mol. The van der Waals surface area contributed by atoms with Gasteiger partial charge in [-0.2, -0.15) is 0 Å². The Morgan fingerprint density at radius 3 is 2.63 bits per heavy atom. The Morgan fingerprint density at radius 2 is 2.05 bits per heavy atom. The fourth-order valence-electron chi connectivity index (χ4n) is 1.21. The number of esters is 1. The summed E-state index contributed by atoms with van der Waals surface area (Å²) in [7, 11) is 0. The summed E-state index contributed by atoms with van der Waals surface area (Å²) in [6, 6.07) is 1.06. The van der Waals surface area contributed by atoms with Crippen molar-refractivity contribution in [1.29, 1.82) is 0 Å². The predicted molar refractivity (Wildman–Crippen MR) is 61.1 cm³/mol. The smallest absolute Gasteiger partial charge is 0.317 e.